The van der Waals surface area contributed by atoms with E-state index < -0.39 is 0 Å². The second-order valence-electron chi connectivity index (χ2n) is 5.04. The zero-order valence-corrected chi connectivity index (χ0v) is 12.8. The van der Waals surface area contributed by atoms with E-state index in [2.05, 4.69) is 58.0 Å². The lowest BCUT2D eigenvalue weighted by Gasteiger charge is -2.19. The maximum Gasteiger partial charge on any atom is 0.181 e. The number of thioether (sulfide) groups is 1. The van der Waals surface area contributed by atoms with Gasteiger partial charge in [0.25, 0.3) is 0 Å². The van der Waals surface area contributed by atoms with Crippen LogP contribution in [0.15, 0.2) is 41.9 Å². The van der Waals surface area contributed by atoms with Crippen molar-refractivity contribution in [3.05, 3.63) is 48.0 Å². The van der Waals surface area contributed by atoms with Crippen LogP contribution in [0.4, 0.5) is 0 Å². The zero-order valence-electron chi connectivity index (χ0n) is 11.9. The maximum absolute atomic E-state index is 6.37. The lowest BCUT2D eigenvalue weighted by molar-refractivity contribution is 0.714. The van der Waals surface area contributed by atoms with Gasteiger partial charge < -0.3 is 10.7 Å². The van der Waals surface area contributed by atoms with E-state index in [1.54, 1.807) is 18.1 Å². The van der Waals surface area contributed by atoms with Gasteiger partial charge in [-0.1, -0.05) is 48.5 Å². The van der Waals surface area contributed by atoms with E-state index in [4.69, 9.17) is 5.73 Å². The Bertz CT molecular complexity index is 737. The molecule has 2 heterocycles. The molecule has 0 bridgehead atoms. The molecule has 0 aliphatic heterocycles. The smallest absolute Gasteiger partial charge is 0.181 e. The lowest BCUT2D eigenvalue weighted by Crippen LogP contribution is -2.21. The van der Waals surface area contributed by atoms with Crippen molar-refractivity contribution in [1.29, 1.82) is 0 Å². The molecule has 3 N–H and O–H groups in total. The van der Waals surface area contributed by atoms with Crippen molar-refractivity contribution >= 4 is 22.9 Å². The second kappa shape index (κ2) is 5.83. The summed E-state index contributed by atoms with van der Waals surface area (Å²) in [4.78, 5) is 15.7. The van der Waals surface area contributed by atoms with Crippen molar-refractivity contribution in [2.45, 2.75) is 30.2 Å². The van der Waals surface area contributed by atoms with E-state index in [0.717, 1.165) is 16.1 Å². The highest BCUT2D eigenvalue weighted by atomic mass is 32.2. The van der Waals surface area contributed by atoms with E-state index in [0.29, 0.717) is 5.65 Å². The Morgan fingerprint density at radius 2 is 1.90 bits per heavy atom. The number of nitrogens with one attached hydrogen (secondary N) is 1. The van der Waals surface area contributed by atoms with E-state index in [1.165, 1.54) is 11.9 Å². The van der Waals surface area contributed by atoms with Crippen LogP contribution in [0, 0.1) is 6.92 Å². The molecule has 0 aliphatic carbocycles. The number of H-pyrrole nitrogens is 1. The average Bonchev–Trinajstić information content (AvgIpc) is 2.97. The van der Waals surface area contributed by atoms with Crippen molar-refractivity contribution in [3.63, 3.8) is 0 Å². The number of hydrogen-bond donors (Lipinski definition) is 2. The highest BCUT2D eigenvalue weighted by Crippen LogP contribution is 2.32. The molecule has 3 aromatic rings. The molecule has 5 nitrogen and oxygen atoms in total. The molecule has 0 spiro atoms. The summed E-state index contributed by atoms with van der Waals surface area (Å²) in [7, 11) is 0. The largest absolute Gasteiger partial charge is 0.341 e. The third-order valence-electron chi connectivity index (χ3n) is 3.45. The monoisotopic (exact) mass is 299 g/mol. The minimum absolute atomic E-state index is 0.0523. The molecule has 2 aromatic heterocycles. The van der Waals surface area contributed by atoms with Crippen LogP contribution < -0.4 is 5.73 Å². The summed E-state index contributed by atoms with van der Waals surface area (Å²) >= 11 is 1.64. The number of nitrogens with two attached hydrogens (primary N) is 1. The highest BCUT2D eigenvalue weighted by molar-refractivity contribution is 8.00. The van der Waals surface area contributed by atoms with E-state index in [1.807, 2.05) is 0 Å². The molecule has 0 saturated carbocycles. The number of hydrogen-bond acceptors (Lipinski definition) is 5. The van der Waals surface area contributed by atoms with Gasteiger partial charge in [0.1, 0.15) is 16.9 Å². The Balaban J connectivity index is 1.81. The molecule has 0 radical (unpaired) electrons. The Kier molecular flexibility index (Phi) is 3.90. The number of nitrogens with zero attached hydrogens (tertiary/aromatic N) is 3. The van der Waals surface area contributed by atoms with Crippen LogP contribution in [0.5, 0.6) is 0 Å². The van der Waals surface area contributed by atoms with Crippen molar-refractivity contribution in [2.24, 2.45) is 5.73 Å². The number of aryl methyl sites for hydroxylation is 1. The number of fused-ring (bicyclic) bond motifs is 1. The molecule has 6 heteroatoms. The SMILES string of the molecule is Cc1ccc(C(N)C(C)Sc2ncnc3nc[nH]c23)cc1. The summed E-state index contributed by atoms with van der Waals surface area (Å²) in [6, 6.07) is 8.30. The van der Waals surface area contributed by atoms with Gasteiger partial charge in [0.05, 0.1) is 6.33 Å². The van der Waals surface area contributed by atoms with Gasteiger partial charge in [-0.3, -0.25) is 0 Å². The van der Waals surface area contributed by atoms with Gasteiger partial charge in [0.15, 0.2) is 5.65 Å². The molecule has 3 rings (SSSR count). The first-order chi connectivity index (χ1) is 10.1. The molecule has 21 heavy (non-hydrogen) atoms. The zero-order chi connectivity index (χ0) is 14.8. The van der Waals surface area contributed by atoms with Gasteiger partial charge in [-0.2, -0.15) is 0 Å². The maximum atomic E-state index is 6.37. The van der Waals surface area contributed by atoms with Crippen LogP contribution in [0.2, 0.25) is 0 Å². The Morgan fingerprint density at radius 3 is 2.67 bits per heavy atom. The van der Waals surface area contributed by atoms with Crippen molar-refractivity contribution in [2.75, 3.05) is 0 Å². The molecular weight excluding hydrogens is 282 g/mol. The van der Waals surface area contributed by atoms with Gasteiger partial charge in [-0.25, -0.2) is 15.0 Å². The van der Waals surface area contributed by atoms with Crippen LogP contribution in [0.25, 0.3) is 11.2 Å². The third kappa shape index (κ3) is 2.91. The summed E-state index contributed by atoms with van der Waals surface area (Å²) in [5, 5.41) is 1.07. The van der Waals surface area contributed by atoms with Gasteiger partial charge in [-0.15, -0.1) is 0 Å². The quantitative estimate of drug-likeness (QED) is 0.572. The topological polar surface area (TPSA) is 80.5 Å². The molecule has 0 amide bonds. The molecular formula is C15H17N5S. The average molecular weight is 299 g/mol. The Hall–Kier alpha value is -1.92. The number of aromatic amines is 1. The van der Waals surface area contributed by atoms with Gasteiger partial charge >= 0.3 is 0 Å². The molecule has 0 fully saturated rings. The van der Waals surface area contributed by atoms with Crippen molar-refractivity contribution in [1.82, 2.24) is 19.9 Å². The first kappa shape index (κ1) is 14.0. The van der Waals surface area contributed by atoms with Gasteiger partial charge in [0, 0.05) is 11.3 Å². The fraction of sp³-hybridized carbons (Fsp3) is 0.267. The second-order valence-corrected chi connectivity index (χ2v) is 6.41. The van der Waals surface area contributed by atoms with Crippen LogP contribution in [0.1, 0.15) is 24.1 Å². The van der Waals surface area contributed by atoms with Gasteiger partial charge in [-0.05, 0) is 12.5 Å². The third-order valence-corrected chi connectivity index (χ3v) is 4.65. The Morgan fingerprint density at radius 1 is 1.14 bits per heavy atom. The molecule has 108 valence electrons. The number of rotatable bonds is 4. The first-order valence-electron chi connectivity index (χ1n) is 6.78. The lowest BCUT2D eigenvalue weighted by atomic mass is 10.0. The highest BCUT2D eigenvalue weighted by Gasteiger charge is 2.18. The normalized spacial score (nSPS) is 14.2. The van der Waals surface area contributed by atoms with Crippen LogP contribution in [-0.2, 0) is 0 Å². The fourth-order valence-corrected chi connectivity index (χ4v) is 3.17. The summed E-state index contributed by atoms with van der Waals surface area (Å²) in [5.74, 6) is 0. The van der Waals surface area contributed by atoms with Crippen molar-refractivity contribution < 1.29 is 0 Å². The predicted molar refractivity (Wildman–Crippen MR) is 85.1 cm³/mol. The predicted octanol–water partition coefficient (Wildman–Crippen LogP) is 2.84. The molecule has 0 aliphatic rings. The number of aromatic nitrogens is 4. The number of imidazole rings is 1. The summed E-state index contributed by atoms with van der Waals surface area (Å²) < 4.78 is 0. The van der Waals surface area contributed by atoms with Crippen LogP contribution >= 0.6 is 11.8 Å². The summed E-state index contributed by atoms with van der Waals surface area (Å²) in [5.41, 5.74) is 10.3. The van der Waals surface area contributed by atoms with Gasteiger partial charge in [0.2, 0.25) is 0 Å². The van der Waals surface area contributed by atoms with Crippen LogP contribution in [-0.4, -0.2) is 25.2 Å². The summed E-state index contributed by atoms with van der Waals surface area (Å²) in [6.07, 6.45) is 3.17. The molecule has 2 atom stereocenters. The summed E-state index contributed by atoms with van der Waals surface area (Å²) in [6.45, 7) is 4.18. The van der Waals surface area contributed by atoms with E-state index >= 15 is 0 Å². The molecule has 2 unspecified atom stereocenters. The molecule has 1 aromatic carbocycles. The minimum atomic E-state index is -0.0523. The van der Waals surface area contributed by atoms with Crippen molar-refractivity contribution in [3.8, 4) is 0 Å². The standard InChI is InChI=1S/C15H17N5S/c1-9-3-5-11(6-4-9)12(16)10(2)21-15-13-14(18-7-17-13)19-8-20-15/h3-8,10,12H,16H2,1-2H3,(H,17,18,19,20). The number of benzene rings is 1. The van der Waals surface area contributed by atoms with E-state index in [9.17, 15) is 0 Å². The first-order valence-corrected chi connectivity index (χ1v) is 7.66. The van der Waals surface area contributed by atoms with Crippen LogP contribution in [0.3, 0.4) is 0 Å². The fourth-order valence-electron chi connectivity index (χ4n) is 2.14. The minimum Gasteiger partial charge on any atom is -0.341 e. The van der Waals surface area contributed by atoms with E-state index in [-0.39, 0.29) is 11.3 Å². The molecule has 0 saturated heterocycles. The Labute approximate surface area is 127 Å².